The Balaban J connectivity index is 1.22. The zero-order chi connectivity index (χ0) is 27.5. The number of carbonyl (C=O) groups is 2. The molecule has 4 rings (SSSR count). The summed E-state index contributed by atoms with van der Waals surface area (Å²) in [5.74, 6) is 0.970. The molecule has 39 heavy (non-hydrogen) atoms. The largest absolute Gasteiger partial charge is 0.506 e. The van der Waals surface area contributed by atoms with Crippen molar-refractivity contribution in [2.24, 2.45) is 10.9 Å². The molecular formula is C30H44N4O5. The molecule has 1 aliphatic carbocycles. The van der Waals surface area contributed by atoms with Crippen LogP contribution in [0, 0.1) is 5.92 Å². The van der Waals surface area contributed by atoms with E-state index in [0.717, 1.165) is 36.9 Å². The van der Waals surface area contributed by atoms with Crippen LogP contribution in [0.4, 0.5) is 5.69 Å². The molecule has 2 amide bonds. The van der Waals surface area contributed by atoms with Crippen molar-refractivity contribution in [2.75, 3.05) is 44.8 Å². The third-order valence-corrected chi connectivity index (χ3v) is 7.69. The van der Waals surface area contributed by atoms with Crippen LogP contribution in [0.2, 0.25) is 0 Å². The molecule has 3 aliphatic rings. The van der Waals surface area contributed by atoms with Crippen molar-refractivity contribution in [3.05, 3.63) is 29.5 Å². The molecule has 1 fully saturated rings. The lowest BCUT2D eigenvalue weighted by Crippen LogP contribution is -2.44. The van der Waals surface area contributed by atoms with Gasteiger partial charge in [0.25, 0.3) is 5.91 Å². The number of rotatable bonds is 13. The highest BCUT2D eigenvalue weighted by Gasteiger charge is 2.25. The summed E-state index contributed by atoms with van der Waals surface area (Å²) in [6.45, 7) is 5.23. The van der Waals surface area contributed by atoms with Gasteiger partial charge in [-0.2, -0.15) is 0 Å². The number of aromatic hydroxyl groups is 1. The summed E-state index contributed by atoms with van der Waals surface area (Å²) in [4.78, 5) is 31.4. The Morgan fingerprint density at radius 2 is 2.00 bits per heavy atom. The minimum Gasteiger partial charge on any atom is -0.506 e. The number of nitrogens with one attached hydrogen (secondary N) is 2. The van der Waals surface area contributed by atoms with Crippen molar-refractivity contribution in [3.8, 4) is 11.5 Å². The normalized spacial score (nSPS) is 19.5. The highest BCUT2D eigenvalue weighted by molar-refractivity contribution is 5.97. The lowest BCUT2D eigenvalue weighted by molar-refractivity contribution is -0.135. The second kappa shape index (κ2) is 15.0. The first-order chi connectivity index (χ1) is 19.0. The molecule has 214 valence electrons. The maximum absolute atomic E-state index is 13.3. The molecule has 0 radical (unpaired) electrons. The van der Waals surface area contributed by atoms with Crippen LogP contribution >= 0.6 is 0 Å². The number of hydrogen-bond donors (Lipinski definition) is 3. The van der Waals surface area contributed by atoms with E-state index in [1.54, 1.807) is 6.07 Å². The highest BCUT2D eigenvalue weighted by Crippen LogP contribution is 2.39. The SMILES string of the molecule is CC1C=C(CCOCCC(=O)N(CCNCCc2ccc(O)c3c2OCC(=O)N3)C2CCCCCC2)N=CC1. The van der Waals surface area contributed by atoms with Gasteiger partial charge in [-0.3, -0.25) is 14.6 Å². The molecule has 0 saturated heterocycles. The van der Waals surface area contributed by atoms with Gasteiger partial charge in [-0.05, 0) is 49.8 Å². The molecular weight excluding hydrogens is 496 g/mol. The van der Waals surface area contributed by atoms with Crippen molar-refractivity contribution in [3.63, 3.8) is 0 Å². The number of hydrogen-bond acceptors (Lipinski definition) is 7. The Morgan fingerprint density at radius 3 is 2.79 bits per heavy atom. The number of fused-ring (bicyclic) bond motifs is 1. The summed E-state index contributed by atoms with van der Waals surface area (Å²) < 4.78 is 11.4. The van der Waals surface area contributed by atoms with Gasteiger partial charge in [0.1, 0.15) is 11.4 Å². The van der Waals surface area contributed by atoms with E-state index in [2.05, 4.69) is 33.5 Å². The molecule has 2 heterocycles. The van der Waals surface area contributed by atoms with E-state index in [1.807, 2.05) is 12.3 Å². The van der Waals surface area contributed by atoms with Crippen molar-refractivity contribution in [1.82, 2.24) is 10.2 Å². The maximum atomic E-state index is 13.3. The molecule has 1 aromatic carbocycles. The van der Waals surface area contributed by atoms with Crippen LogP contribution in [0.15, 0.2) is 28.9 Å². The topological polar surface area (TPSA) is 112 Å². The van der Waals surface area contributed by atoms with E-state index in [-0.39, 0.29) is 24.2 Å². The Kier molecular flexibility index (Phi) is 11.2. The summed E-state index contributed by atoms with van der Waals surface area (Å²) in [6.07, 6.45) is 14.0. The first kappa shape index (κ1) is 29.1. The van der Waals surface area contributed by atoms with Crippen molar-refractivity contribution < 1.29 is 24.2 Å². The molecule has 1 saturated carbocycles. The second-order valence-corrected chi connectivity index (χ2v) is 10.8. The third-order valence-electron chi connectivity index (χ3n) is 7.69. The smallest absolute Gasteiger partial charge is 0.262 e. The number of phenolic OH excluding ortho intramolecular Hbond substituents is 1. The van der Waals surface area contributed by atoms with Gasteiger partial charge < -0.3 is 30.1 Å². The summed E-state index contributed by atoms with van der Waals surface area (Å²) >= 11 is 0. The molecule has 9 nitrogen and oxygen atoms in total. The van der Waals surface area contributed by atoms with Gasteiger partial charge in [0, 0.05) is 37.5 Å². The number of phenols is 1. The van der Waals surface area contributed by atoms with Crippen molar-refractivity contribution in [1.29, 1.82) is 0 Å². The number of anilines is 1. The minimum absolute atomic E-state index is 0.00506. The monoisotopic (exact) mass is 540 g/mol. The summed E-state index contributed by atoms with van der Waals surface area (Å²) in [5, 5.41) is 16.2. The Hall–Kier alpha value is -2.91. The lowest BCUT2D eigenvalue weighted by atomic mass is 10.0. The summed E-state index contributed by atoms with van der Waals surface area (Å²) in [6, 6.07) is 3.70. The third kappa shape index (κ3) is 8.80. The second-order valence-electron chi connectivity index (χ2n) is 10.8. The molecule has 2 aliphatic heterocycles. The van der Waals surface area contributed by atoms with Gasteiger partial charge in [-0.25, -0.2) is 0 Å². The number of allylic oxidation sites excluding steroid dienone is 1. The standard InChI is InChI=1S/C30H44N4O5/c1-22-10-15-32-24(20-22)12-18-38-19-13-28(37)34(25-6-4-2-3-5-7-25)17-16-31-14-11-23-8-9-26(35)29-30(23)39-21-27(36)33-29/h8-9,15,20,22,25,31,35H,2-7,10-14,16-19,21H2,1H3,(H,33,36). The van der Waals surface area contributed by atoms with Gasteiger partial charge in [0.2, 0.25) is 5.91 Å². The predicted octanol–water partition coefficient (Wildman–Crippen LogP) is 4.20. The fraction of sp³-hybridized carbons (Fsp3) is 0.633. The molecule has 1 atom stereocenters. The van der Waals surface area contributed by atoms with Crippen LogP contribution < -0.4 is 15.4 Å². The number of benzene rings is 1. The zero-order valence-electron chi connectivity index (χ0n) is 23.3. The van der Waals surface area contributed by atoms with Crippen LogP contribution in [0.25, 0.3) is 0 Å². The first-order valence-electron chi connectivity index (χ1n) is 14.6. The van der Waals surface area contributed by atoms with Gasteiger partial charge in [-0.15, -0.1) is 0 Å². The van der Waals surface area contributed by atoms with E-state index in [1.165, 1.54) is 25.7 Å². The average molecular weight is 541 g/mol. The number of amides is 2. The zero-order valence-corrected chi connectivity index (χ0v) is 23.3. The molecule has 3 N–H and O–H groups in total. The van der Waals surface area contributed by atoms with E-state index in [4.69, 9.17) is 9.47 Å². The summed E-state index contributed by atoms with van der Waals surface area (Å²) in [5.41, 5.74) is 2.34. The van der Waals surface area contributed by atoms with Gasteiger partial charge in [0.15, 0.2) is 12.4 Å². The number of carbonyl (C=O) groups excluding carboxylic acids is 2. The average Bonchev–Trinajstić information content (AvgIpc) is 3.21. The molecule has 0 aromatic heterocycles. The number of aliphatic imine (C=N–C) groups is 1. The summed E-state index contributed by atoms with van der Waals surface area (Å²) in [7, 11) is 0. The van der Waals surface area contributed by atoms with Crippen LogP contribution in [0.5, 0.6) is 11.5 Å². The predicted molar refractivity (Wildman–Crippen MR) is 152 cm³/mol. The van der Waals surface area contributed by atoms with E-state index in [9.17, 15) is 14.7 Å². The minimum atomic E-state index is -0.271. The quantitative estimate of drug-likeness (QED) is 0.196. The van der Waals surface area contributed by atoms with E-state index < -0.39 is 0 Å². The molecule has 0 spiro atoms. The molecule has 0 bridgehead atoms. The van der Waals surface area contributed by atoms with Crippen LogP contribution in [0.1, 0.15) is 70.3 Å². The Morgan fingerprint density at radius 1 is 1.18 bits per heavy atom. The number of nitrogens with zero attached hydrogens (tertiary/aromatic N) is 2. The Bertz CT molecular complexity index is 1030. The fourth-order valence-electron chi connectivity index (χ4n) is 5.54. The fourth-order valence-corrected chi connectivity index (χ4v) is 5.54. The van der Waals surface area contributed by atoms with Crippen LogP contribution in [0.3, 0.4) is 0 Å². The number of ether oxygens (including phenoxy) is 2. The Labute approximate surface area is 232 Å². The van der Waals surface area contributed by atoms with E-state index >= 15 is 0 Å². The van der Waals surface area contributed by atoms with Gasteiger partial charge in [0.05, 0.1) is 19.6 Å². The lowest BCUT2D eigenvalue weighted by Gasteiger charge is -2.31. The van der Waals surface area contributed by atoms with Crippen LogP contribution in [-0.4, -0.2) is 73.5 Å². The van der Waals surface area contributed by atoms with Gasteiger partial charge in [-0.1, -0.05) is 44.7 Å². The molecule has 9 heteroatoms. The van der Waals surface area contributed by atoms with Crippen LogP contribution in [-0.2, 0) is 20.7 Å². The molecule has 1 aromatic rings. The first-order valence-corrected chi connectivity index (χ1v) is 14.6. The van der Waals surface area contributed by atoms with Crippen molar-refractivity contribution >= 4 is 23.7 Å². The van der Waals surface area contributed by atoms with Crippen molar-refractivity contribution in [2.45, 2.75) is 77.2 Å². The highest BCUT2D eigenvalue weighted by atomic mass is 16.5. The molecule has 1 unspecified atom stereocenters. The maximum Gasteiger partial charge on any atom is 0.262 e. The van der Waals surface area contributed by atoms with Gasteiger partial charge >= 0.3 is 0 Å². The van der Waals surface area contributed by atoms with E-state index in [0.29, 0.717) is 69.1 Å².